The van der Waals surface area contributed by atoms with Crippen LogP contribution in [-0.2, 0) is 11.2 Å². The third-order valence-electron chi connectivity index (χ3n) is 3.83. The first-order chi connectivity index (χ1) is 11.4. The number of aryl methyl sites for hydroxylation is 2. The average molecular weight is 340 g/mol. The fourth-order valence-electron chi connectivity index (χ4n) is 2.55. The third-order valence-corrected chi connectivity index (χ3v) is 4.83. The van der Waals surface area contributed by atoms with Crippen LogP contribution in [0.1, 0.15) is 25.0 Å². The molecule has 0 aromatic heterocycles. The van der Waals surface area contributed by atoms with E-state index < -0.39 is 0 Å². The Balaban J connectivity index is 2.34. The highest BCUT2D eigenvalue weighted by Gasteiger charge is 2.08. The molecule has 2 rings (SSSR count). The van der Waals surface area contributed by atoms with Crippen LogP contribution in [0.3, 0.4) is 0 Å². The molecule has 0 aliphatic rings. The van der Waals surface area contributed by atoms with Crippen molar-refractivity contribution in [2.24, 2.45) is 0 Å². The summed E-state index contributed by atoms with van der Waals surface area (Å²) in [6.07, 6.45) is 0.983. The molecule has 0 bridgehead atoms. The number of nitrogens with one attached hydrogen (secondary N) is 2. The molecule has 2 aromatic carbocycles. The fraction of sp³-hybridized carbons (Fsp3) is 0.250. The van der Waals surface area contributed by atoms with Crippen LogP contribution in [0, 0.1) is 6.92 Å². The molecular weight excluding hydrogens is 316 g/mol. The first-order valence-corrected chi connectivity index (χ1v) is 8.82. The van der Waals surface area contributed by atoms with Crippen molar-refractivity contribution >= 4 is 23.4 Å². The summed E-state index contributed by atoms with van der Waals surface area (Å²) in [5.41, 5.74) is 5.99. The second-order valence-electron chi connectivity index (χ2n) is 5.66. The molecule has 0 spiro atoms. The predicted molar refractivity (Wildman–Crippen MR) is 104 cm³/mol. The zero-order chi connectivity index (χ0) is 17.7. The summed E-state index contributed by atoms with van der Waals surface area (Å²) in [4.78, 5) is 12.3. The Morgan fingerprint density at radius 3 is 2.46 bits per heavy atom. The van der Waals surface area contributed by atoms with Crippen LogP contribution in [0.15, 0.2) is 52.9 Å². The minimum atomic E-state index is -0.100. The minimum Gasteiger partial charge on any atom is -0.388 e. The van der Waals surface area contributed by atoms with Crippen molar-refractivity contribution in [1.29, 1.82) is 0 Å². The number of carbonyl (C=O) groups excluding carboxylic acids is 1. The number of benzene rings is 2. The van der Waals surface area contributed by atoms with Crippen LogP contribution < -0.4 is 10.6 Å². The van der Waals surface area contributed by atoms with Crippen LogP contribution >= 0.6 is 11.8 Å². The molecule has 0 saturated carbocycles. The van der Waals surface area contributed by atoms with Gasteiger partial charge in [-0.15, -0.1) is 0 Å². The largest absolute Gasteiger partial charge is 0.388 e. The molecular formula is C20H24N2OS. The van der Waals surface area contributed by atoms with Crippen molar-refractivity contribution in [3.05, 3.63) is 59.1 Å². The van der Waals surface area contributed by atoms with Crippen LogP contribution in [0.25, 0.3) is 11.1 Å². The Labute approximate surface area is 148 Å². The number of amides is 1. The van der Waals surface area contributed by atoms with Crippen molar-refractivity contribution in [2.45, 2.75) is 32.1 Å². The molecule has 1 amide bonds. The molecule has 0 aliphatic heterocycles. The van der Waals surface area contributed by atoms with Crippen molar-refractivity contribution in [3.8, 4) is 11.1 Å². The molecule has 2 aromatic rings. The van der Waals surface area contributed by atoms with Gasteiger partial charge in [0.05, 0.1) is 5.03 Å². The number of hydrogen-bond donors (Lipinski definition) is 2. The molecule has 0 radical (unpaired) electrons. The van der Waals surface area contributed by atoms with E-state index in [0.29, 0.717) is 5.03 Å². The van der Waals surface area contributed by atoms with Gasteiger partial charge in [0.15, 0.2) is 0 Å². The van der Waals surface area contributed by atoms with Gasteiger partial charge in [0.25, 0.3) is 0 Å². The van der Waals surface area contributed by atoms with Gasteiger partial charge in [-0.05, 0) is 53.8 Å². The Morgan fingerprint density at radius 1 is 1.17 bits per heavy atom. The highest BCUT2D eigenvalue weighted by atomic mass is 32.2. The lowest BCUT2D eigenvalue weighted by Gasteiger charge is -2.13. The molecule has 0 atom stereocenters. The monoisotopic (exact) mass is 340 g/mol. The summed E-state index contributed by atoms with van der Waals surface area (Å²) in [6, 6.07) is 12.9. The van der Waals surface area contributed by atoms with Crippen molar-refractivity contribution in [1.82, 2.24) is 5.32 Å². The predicted octanol–water partition coefficient (Wildman–Crippen LogP) is 4.97. The summed E-state index contributed by atoms with van der Waals surface area (Å²) in [6.45, 7) is 9.62. The van der Waals surface area contributed by atoms with E-state index in [0.717, 1.165) is 22.4 Å². The highest BCUT2D eigenvalue weighted by molar-refractivity contribution is 8.03. The summed E-state index contributed by atoms with van der Waals surface area (Å²) >= 11 is 1.49. The standard InChI is InChI=1S/C20H24N2OS/c1-6-16-11-17(9-10-19(16)21-5)18-8-7-13(2)20(12-18)24-15(4)22-14(3)23/h7-12,21H,4,6H2,1-3,5H3,(H,22,23). The van der Waals surface area contributed by atoms with Crippen molar-refractivity contribution < 1.29 is 4.79 Å². The first-order valence-electron chi connectivity index (χ1n) is 8.00. The maximum Gasteiger partial charge on any atom is 0.221 e. The van der Waals surface area contributed by atoms with Gasteiger partial charge in [-0.3, -0.25) is 4.79 Å². The second kappa shape index (κ2) is 8.06. The van der Waals surface area contributed by atoms with E-state index >= 15 is 0 Å². The van der Waals surface area contributed by atoms with E-state index in [9.17, 15) is 4.79 Å². The van der Waals surface area contributed by atoms with Gasteiger partial charge in [0, 0.05) is 24.6 Å². The number of carbonyl (C=O) groups is 1. The molecule has 0 heterocycles. The summed E-state index contributed by atoms with van der Waals surface area (Å²) in [7, 11) is 1.95. The average Bonchev–Trinajstić information content (AvgIpc) is 2.55. The number of anilines is 1. The van der Waals surface area contributed by atoms with Gasteiger partial charge in [0.1, 0.15) is 0 Å². The minimum absolute atomic E-state index is 0.100. The normalized spacial score (nSPS) is 10.3. The maximum absolute atomic E-state index is 11.2. The van der Waals surface area contributed by atoms with Gasteiger partial charge in [0.2, 0.25) is 5.91 Å². The molecule has 3 nitrogen and oxygen atoms in total. The van der Waals surface area contributed by atoms with Gasteiger partial charge < -0.3 is 10.6 Å². The Hall–Kier alpha value is -2.20. The molecule has 0 unspecified atom stereocenters. The van der Waals surface area contributed by atoms with Crippen molar-refractivity contribution in [2.75, 3.05) is 12.4 Å². The topological polar surface area (TPSA) is 41.1 Å². The quantitative estimate of drug-likeness (QED) is 0.730. The molecule has 2 N–H and O–H groups in total. The van der Waals surface area contributed by atoms with Gasteiger partial charge in [-0.1, -0.05) is 43.5 Å². The van der Waals surface area contributed by atoms with E-state index in [1.165, 1.54) is 35.5 Å². The van der Waals surface area contributed by atoms with Gasteiger partial charge in [-0.2, -0.15) is 0 Å². The van der Waals surface area contributed by atoms with E-state index in [2.05, 4.69) is 67.5 Å². The Bertz CT molecular complexity index is 768. The first kappa shape index (κ1) is 18.1. The second-order valence-corrected chi connectivity index (χ2v) is 6.80. The number of hydrogen-bond acceptors (Lipinski definition) is 3. The van der Waals surface area contributed by atoms with Crippen LogP contribution in [0.2, 0.25) is 0 Å². The summed E-state index contributed by atoms with van der Waals surface area (Å²) in [5.74, 6) is -0.100. The van der Waals surface area contributed by atoms with Gasteiger partial charge >= 0.3 is 0 Å². The number of rotatable bonds is 6. The zero-order valence-electron chi connectivity index (χ0n) is 14.7. The van der Waals surface area contributed by atoms with E-state index in [1.54, 1.807) is 0 Å². The SMILES string of the molecule is C=C(NC(C)=O)Sc1cc(-c2ccc(NC)c(CC)c2)ccc1C. The molecule has 24 heavy (non-hydrogen) atoms. The Morgan fingerprint density at radius 2 is 1.83 bits per heavy atom. The van der Waals surface area contributed by atoms with E-state index in [4.69, 9.17) is 0 Å². The smallest absolute Gasteiger partial charge is 0.221 e. The highest BCUT2D eigenvalue weighted by Crippen LogP contribution is 2.33. The molecule has 0 aliphatic carbocycles. The summed E-state index contributed by atoms with van der Waals surface area (Å²) in [5, 5.41) is 6.61. The van der Waals surface area contributed by atoms with Crippen LogP contribution in [0.4, 0.5) is 5.69 Å². The maximum atomic E-state index is 11.2. The summed E-state index contributed by atoms with van der Waals surface area (Å²) < 4.78 is 0. The van der Waals surface area contributed by atoms with Gasteiger partial charge in [-0.25, -0.2) is 0 Å². The third kappa shape index (κ3) is 4.42. The molecule has 4 heteroatoms. The molecule has 0 fully saturated rings. The lowest BCUT2D eigenvalue weighted by molar-refractivity contribution is -0.118. The Kier molecular flexibility index (Phi) is 6.10. The lowest BCUT2D eigenvalue weighted by atomic mass is 10.00. The van der Waals surface area contributed by atoms with Crippen molar-refractivity contribution in [3.63, 3.8) is 0 Å². The molecule has 0 saturated heterocycles. The van der Waals surface area contributed by atoms with E-state index in [1.807, 2.05) is 7.05 Å². The lowest BCUT2D eigenvalue weighted by Crippen LogP contribution is -2.16. The fourth-order valence-corrected chi connectivity index (χ4v) is 3.43. The van der Waals surface area contributed by atoms with Crippen LogP contribution in [-0.4, -0.2) is 13.0 Å². The molecule has 126 valence electrons. The van der Waals surface area contributed by atoms with Crippen LogP contribution in [0.5, 0.6) is 0 Å². The van der Waals surface area contributed by atoms with E-state index in [-0.39, 0.29) is 5.91 Å². The number of thioether (sulfide) groups is 1. The zero-order valence-corrected chi connectivity index (χ0v) is 15.5.